The maximum Gasteiger partial charge on any atom is 0.416 e. The number of phenols is 1. The number of nitrogens with one attached hydrogen (secondary N) is 1. The lowest BCUT2D eigenvalue weighted by Crippen LogP contribution is -2.24. The van der Waals surface area contributed by atoms with E-state index in [4.69, 9.17) is 15.5 Å². The molecule has 0 unspecified atom stereocenters. The van der Waals surface area contributed by atoms with Crippen LogP contribution in [-0.4, -0.2) is 40.8 Å². The van der Waals surface area contributed by atoms with Gasteiger partial charge in [-0.3, -0.25) is 4.79 Å². The number of alkyl halides is 6. The quantitative estimate of drug-likeness (QED) is 0.0607. The molecule has 0 radical (unpaired) electrons. The summed E-state index contributed by atoms with van der Waals surface area (Å²) in [5.41, 5.74) is 4.88. The highest BCUT2D eigenvalue weighted by atomic mass is 19.4. The first-order chi connectivity index (χ1) is 26.8. The largest absolute Gasteiger partial charge is 0.508 e. The molecule has 298 valence electrons. The minimum atomic E-state index is -5.08. The van der Waals surface area contributed by atoms with Gasteiger partial charge >= 0.3 is 12.4 Å². The van der Waals surface area contributed by atoms with E-state index in [2.05, 4.69) is 5.32 Å². The number of halogens is 6. The molecule has 56 heavy (non-hydrogen) atoms. The molecule has 0 saturated carbocycles. The number of carbonyl (C=O) groups excluding carboxylic acids is 1. The Morgan fingerprint density at radius 2 is 1.25 bits per heavy atom. The average molecular weight is 781 g/mol. The Hall–Kier alpha value is -5.30. The van der Waals surface area contributed by atoms with Crippen LogP contribution in [0.4, 0.5) is 26.3 Å². The summed E-state index contributed by atoms with van der Waals surface area (Å²) in [6, 6.07) is 20.8. The van der Waals surface area contributed by atoms with Crippen molar-refractivity contribution < 1.29 is 41.0 Å². The lowest BCUT2D eigenvalue weighted by molar-refractivity contribution is -0.143. The van der Waals surface area contributed by atoms with Crippen molar-refractivity contribution in [3.05, 3.63) is 113 Å². The first-order valence-corrected chi connectivity index (χ1v) is 18.7. The fourth-order valence-electron chi connectivity index (χ4n) is 6.53. The molecule has 13 heteroatoms. The van der Waals surface area contributed by atoms with Gasteiger partial charge in [0.1, 0.15) is 17.3 Å². The molecule has 0 aliphatic rings. The number of nitrogens with zero attached hydrogens (tertiary/aromatic N) is 2. The molecule has 7 nitrogen and oxygen atoms in total. The number of imidazole rings is 1. The summed E-state index contributed by atoms with van der Waals surface area (Å²) in [5.74, 6) is 0.0786. The van der Waals surface area contributed by atoms with Crippen molar-refractivity contribution in [1.82, 2.24) is 14.9 Å². The number of hydrogen-bond donors (Lipinski definition) is 3. The van der Waals surface area contributed by atoms with Crippen LogP contribution in [0.1, 0.15) is 84.8 Å². The Morgan fingerprint density at radius 1 is 0.714 bits per heavy atom. The van der Waals surface area contributed by atoms with Gasteiger partial charge in [0.2, 0.25) is 0 Å². The maximum atomic E-state index is 14.1. The topological polar surface area (TPSA) is 102 Å². The van der Waals surface area contributed by atoms with Gasteiger partial charge in [0.15, 0.2) is 0 Å². The van der Waals surface area contributed by atoms with Gasteiger partial charge in [0.25, 0.3) is 5.91 Å². The SMILES string of the molecule is COc1ccc(-c2c(-c3ccc(O)cc3)nc(-c3cc(C(F)(F)F)cc(C(F)(F)F)c3)n2Cc2ccc(C(=O)NCCCCCCCCCCCN)cc2)cc1. The Labute approximate surface area is 322 Å². The molecule has 4 N–H and O–H groups in total. The first-order valence-electron chi connectivity index (χ1n) is 18.7. The van der Waals surface area contributed by atoms with Crippen molar-refractivity contribution in [1.29, 1.82) is 0 Å². The predicted molar refractivity (Wildman–Crippen MR) is 205 cm³/mol. The third kappa shape index (κ3) is 11.1. The fourth-order valence-corrected chi connectivity index (χ4v) is 6.53. The van der Waals surface area contributed by atoms with Crippen LogP contribution < -0.4 is 15.8 Å². The molecule has 0 saturated heterocycles. The molecule has 5 aromatic rings. The average Bonchev–Trinajstić information content (AvgIpc) is 3.55. The molecule has 0 bridgehead atoms. The minimum absolute atomic E-state index is 0.0334. The molecule has 1 aromatic heterocycles. The summed E-state index contributed by atoms with van der Waals surface area (Å²) < 4.78 is 91.3. The van der Waals surface area contributed by atoms with Crippen molar-refractivity contribution >= 4 is 5.91 Å². The molecule has 0 aliphatic carbocycles. The second kappa shape index (κ2) is 19.0. The zero-order chi connectivity index (χ0) is 40.3. The summed E-state index contributed by atoms with van der Waals surface area (Å²) in [6.45, 7) is 1.23. The standard InChI is InChI=1S/C43H46F6N4O3/c1-56-37-21-17-31(18-22-37)39-38(30-15-19-36(54)20-16-30)52-40(33-25-34(42(44,45)46)27-35(26-33)43(47,48)49)53(39)28-29-11-13-32(14-12-29)41(55)51-24-10-8-6-4-2-3-5-7-9-23-50/h11-22,25-27,54H,2-10,23-24,28,50H2,1H3,(H,51,55). The number of nitrogens with two attached hydrogens (primary N) is 1. The van der Waals surface area contributed by atoms with Gasteiger partial charge in [0, 0.05) is 35.3 Å². The number of amides is 1. The number of carbonyl (C=O) groups is 1. The molecule has 4 aromatic carbocycles. The van der Waals surface area contributed by atoms with Gasteiger partial charge in [-0.25, -0.2) is 4.98 Å². The predicted octanol–water partition coefficient (Wildman–Crippen LogP) is 10.9. The first kappa shape index (κ1) is 41.9. The second-order valence-electron chi connectivity index (χ2n) is 13.7. The van der Waals surface area contributed by atoms with Crippen molar-refractivity contribution in [2.24, 2.45) is 5.73 Å². The van der Waals surface area contributed by atoms with Gasteiger partial charge < -0.3 is 25.5 Å². The van der Waals surface area contributed by atoms with Crippen LogP contribution in [0.2, 0.25) is 0 Å². The van der Waals surface area contributed by atoms with E-state index in [-0.39, 0.29) is 35.8 Å². The zero-order valence-electron chi connectivity index (χ0n) is 31.1. The number of aromatic nitrogens is 2. The van der Waals surface area contributed by atoms with Crippen LogP contribution in [0.3, 0.4) is 0 Å². The van der Waals surface area contributed by atoms with Gasteiger partial charge in [-0.2, -0.15) is 26.3 Å². The molecule has 0 aliphatic heterocycles. The number of ether oxygens (including phenoxy) is 1. The van der Waals surface area contributed by atoms with E-state index >= 15 is 0 Å². The number of hydrogen-bond acceptors (Lipinski definition) is 5. The second-order valence-corrected chi connectivity index (χ2v) is 13.7. The normalized spacial score (nSPS) is 11.9. The third-order valence-electron chi connectivity index (χ3n) is 9.54. The van der Waals surface area contributed by atoms with Crippen molar-refractivity contribution in [3.63, 3.8) is 0 Å². The highest BCUT2D eigenvalue weighted by Crippen LogP contribution is 2.42. The maximum absolute atomic E-state index is 14.1. The highest BCUT2D eigenvalue weighted by molar-refractivity contribution is 5.94. The molecule has 0 spiro atoms. The van der Waals surface area contributed by atoms with E-state index in [9.17, 15) is 36.2 Å². The Morgan fingerprint density at radius 3 is 1.79 bits per heavy atom. The molecular weight excluding hydrogens is 734 g/mol. The van der Waals surface area contributed by atoms with Crippen LogP contribution in [-0.2, 0) is 18.9 Å². The van der Waals surface area contributed by atoms with Crippen LogP contribution in [0, 0.1) is 0 Å². The Balaban J connectivity index is 1.46. The zero-order valence-corrected chi connectivity index (χ0v) is 31.1. The summed E-state index contributed by atoms with van der Waals surface area (Å²) >= 11 is 0. The van der Waals surface area contributed by atoms with E-state index in [1.165, 1.54) is 44.9 Å². The van der Waals surface area contributed by atoms with E-state index in [1.807, 2.05) is 0 Å². The van der Waals surface area contributed by atoms with Gasteiger partial charge in [-0.1, -0.05) is 57.1 Å². The summed E-state index contributed by atoms with van der Waals surface area (Å²) in [6.07, 6.45) is -0.184. The molecule has 1 amide bonds. The molecule has 5 rings (SSSR count). The Bertz CT molecular complexity index is 1990. The fraction of sp³-hybridized carbons (Fsp3) is 0.349. The lowest BCUT2D eigenvalue weighted by Gasteiger charge is -2.17. The van der Waals surface area contributed by atoms with Gasteiger partial charge in [0.05, 0.1) is 29.6 Å². The van der Waals surface area contributed by atoms with Crippen LogP contribution >= 0.6 is 0 Å². The van der Waals surface area contributed by atoms with Gasteiger partial charge in [-0.15, -0.1) is 0 Å². The molecule has 0 fully saturated rings. The van der Waals surface area contributed by atoms with Crippen molar-refractivity contribution in [2.75, 3.05) is 20.2 Å². The summed E-state index contributed by atoms with van der Waals surface area (Å²) in [7, 11) is 1.49. The van der Waals surface area contributed by atoms with Crippen molar-refractivity contribution in [3.8, 4) is 45.4 Å². The lowest BCUT2D eigenvalue weighted by atomic mass is 10.0. The monoisotopic (exact) mass is 780 g/mol. The van der Waals surface area contributed by atoms with Gasteiger partial charge in [-0.05, 0) is 104 Å². The van der Waals surface area contributed by atoms with E-state index in [1.54, 1.807) is 65.2 Å². The van der Waals surface area contributed by atoms with Crippen LogP contribution in [0.5, 0.6) is 11.5 Å². The third-order valence-corrected chi connectivity index (χ3v) is 9.54. The molecule has 1 heterocycles. The minimum Gasteiger partial charge on any atom is -0.508 e. The summed E-state index contributed by atoms with van der Waals surface area (Å²) in [5, 5.41) is 12.9. The van der Waals surface area contributed by atoms with E-state index in [0.717, 1.165) is 38.6 Å². The number of rotatable bonds is 18. The number of methoxy groups -OCH3 is 1. The number of benzene rings is 4. The molecule has 0 atom stereocenters. The highest BCUT2D eigenvalue weighted by Gasteiger charge is 2.38. The smallest absolute Gasteiger partial charge is 0.416 e. The van der Waals surface area contributed by atoms with Crippen LogP contribution in [0.25, 0.3) is 33.9 Å². The Kier molecular flexibility index (Phi) is 14.2. The van der Waals surface area contributed by atoms with Crippen molar-refractivity contribution in [2.45, 2.75) is 76.7 Å². The number of unbranched alkanes of at least 4 members (excludes halogenated alkanes) is 8. The molecular formula is C43H46F6N4O3. The summed E-state index contributed by atoms with van der Waals surface area (Å²) in [4.78, 5) is 17.7. The van der Waals surface area contributed by atoms with Crippen LogP contribution in [0.15, 0.2) is 91.0 Å². The number of aromatic hydroxyl groups is 1. The van der Waals surface area contributed by atoms with E-state index < -0.39 is 29.0 Å². The number of phenolic OH excluding ortho intramolecular Hbond substituents is 1. The van der Waals surface area contributed by atoms with E-state index in [0.29, 0.717) is 52.4 Å².